The summed E-state index contributed by atoms with van der Waals surface area (Å²) in [7, 11) is 1.24. The van der Waals surface area contributed by atoms with E-state index >= 15 is 0 Å². The number of nitrogens with zero attached hydrogens (tertiary/aromatic N) is 4. The van der Waals surface area contributed by atoms with Gasteiger partial charge in [0, 0.05) is 44.0 Å². The van der Waals surface area contributed by atoms with Crippen molar-refractivity contribution in [2.45, 2.75) is 58.2 Å². The van der Waals surface area contributed by atoms with Crippen molar-refractivity contribution in [3.63, 3.8) is 0 Å². The highest BCUT2D eigenvalue weighted by Gasteiger charge is 2.33. The van der Waals surface area contributed by atoms with Gasteiger partial charge in [-0.05, 0) is 36.1 Å². The third-order valence-corrected chi connectivity index (χ3v) is 7.46. The molecule has 3 aromatic rings. The lowest BCUT2D eigenvalue weighted by molar-refractivity contribution is -0.157. The van der Waals surface area contributed by atoms with Gasteiger partial charge in [0.2, 0.25) is 11.8 Å². The lowest BCUT2D eigenvalue weighted by Crippen LogP contribution is -2.57. The molecule has 11 nitrogen and oxygen atoms in total. The first-order valence-corrected chi connectivity index (χ1v) is 14.0. The fraction of sp³-hybridized carbons (Fsp3) is 0.433. The van der Waals surface area contributed by atoms with Crippen LogP contribution in [0.5, 0.6) is 0 Å². The van der Waals surface area contributed by atoms with Gasteiger partial charge in [0.1, 0.15) is 6.04 Å². The summed E-state index contributed by atoms with van der Waals surface area (Å²) < 4.78 is 4.85. The number of methoxy groups -OCH3 is 1. The Morgan fingerprint density at radius 1 is 1.17 bits per heavy atom. The number of rotatable bonds is 11. The minimum Gasteiger partial charge on any atom is -0.467 e. The van der Waals surface area contributed by atoms with E-state index in [2.05, 4.69) is 15.4 Å². The molecule has 11 heteroatoms. The van der Waals surface area contributed by atoms with Crippen molar-refractivity contribution in [2.75, 3.05) is 26.7 Å². The number of carbonyl (C=O) groups is 4. The summed E-state index contributed by atoms with van der Waals surface area (Å²) in [4.78, 5) is 62.4. The van der Waals surface area contributed by atoms with Crippen LogP contribution < -0.4 is 5.43 Å². The monoisotopic (exact) mass is 562 g/mol. The molecule has 0 radical (unpaired) electrons. The standard InChI is InChI=1S/C30H38N6O5/c1-4-27(37)33-36(21(2)30(40)41-3)29(39)19-34(17-23-11-7-10-22-9-5-6-13-26(22)23)18-25-12-8-14-35(25)28(38)15-24-16-31-20-32-24/h5-7,9-11,13,16,20-21,25H,4,8,12,14-15,17-19H2,1-3H3,(H,31,32)(H,33,37)/t21-,25-/m0/s1. The van der Waals surface area contributed by atoms with Gasteiger partial charge in [0.05, 0.1) is 26.4 Å². The Kier molecular flexibility index (Phi) is 10.1. The molecule has 1 fully saturated rings. The minimum absolute atomic E-state index is 0.00402. The summed E-state index contributed by atoms with van der Waals surface area (Å²) in [5.41, 5.74) is 4.36. The van der Waals surface area contributed by atoms with Crippen LogP contribution in [0.15, 0.2) is 55.0 Å². The number of fused-ring (bicyclic) bond motifs is 1. The summed E-state index contributed by atoms with van der Waals surface area (Å²) in [6.45, 7) is 4.64. The molecule has 2 heterocycles. The summed E-state index contributed by atoms with van der Waals surface area (Å²) in [5.74, 6) is -1.47. The van der Waals surface area contributed by atoms with E-state index in [0.29, 0.717) is 19.6 Å². The molecule has 0 aliphatic carbocycles. The second-order valence-electron chi connectivity index (χ2n) is 10.3. The molecular weight excluding hydrogens is 524 g/mol. The molecule has 0 spiro atoms. The Bertz CT molecular complexity index is 1360. The molecule has 1 aromatic heterocycles. The van der Waals surface area contributed by atoms with Crippen LogP contribution in [0, 0.1) is 0 Å². The van der Waals surface area contributed by atoms with Gasteiger partial charge in [-0.25, -0.2) is 14.8 Å². The Hall–Kier alpha value is -4.25. The topological polar surface area (TPSA) is 128 Å². The lowest BCUT2D eigenvalue weighted by atomic mass is 10.0. The van der Waals surface area contributed by atoms with Crippen molar-refractivity contribution in [1.82, 2.24) is 30.2 Å². The minimum atomic E-state index is -1.01. The van der Waals surface area contributed by atoms with Crippen molar-refractivity contribution in [3.8, 4) is 0 Å². The summed E-state index contributed by atoms with van der Waals surface area (Å²) in [6, 6.07) is 13.0. The highest BCUT2D eigenvalue weighted by molar-refractivity contribution is 5.88. The third kappa shape index (κ3) is 7.49. The number of hydrazine groups is 1. The molecule has 2 N–H and O–H groups in total. The predicted octanol–water partition coefficient (Wildman–Crippen LogP) is 2.43. The molecular formula is C30H38N6O5. The van der Waals surface area contributed by atoms with E-state index in [1.165, 1.54) is 14.0 Å². The number of likely N-dealkylation sites (tertiary alicyclic amines) is 1. The van der Waals surface area contributed by atoms with E-state index in [0.717, 1.165) is 39.9 Å². The maximum absolute atomic E-state index is 13.7. The number of aromatic nitrogens is 2. The van der Waals surface area contributed by atoms with Crippen molar-refractivity contribution >= 4 is 34.5 Å². The van der Waals surface area contributed by atoms with Crippen molar-refractivity contribution in [2.24, 2.45) is 0 Å². The zero-order chi connectivity index (χ0) is 29.4. The van der Waals surface area contributed by atoms with Gasteiger partial charge in [-0.1, -0.05) is 49.4 Å². The zero-order valence-corrected chi connectivity index (χ0v) is 23.8. The van der Waals surface area contributed by atoms with E-state index in [4.69, 9.17) is 4.74 Å². The molecule has 0 unspecified atom stereocenters. The number of imidazole rings is 1. The first-order chi connectivity index (χ1) is 19.8. The predicted molar refractivity (Wildman–Crippen MR) is 153 cm³/mol. The van der Waals surface area contributed by atoms with Crippen LogP contribution in [0.3, 0.4) is 0 Å². The second-order valence-corrected chi connectivity index (χ2v) is 10.3. The zero-order valence-electron chi connectivity index (χ0n) is 23.8. The molecule has 1 aliphatic heterocycles. The first kappa shape index (κ1) is 29.7. The fourth-order valence-corrected chi connectivity index (χ4v) is 5.29. The fourth-order valence-electron chi connectivity index (χ4n) is 5.29. The molecule has 2 aromatic carbocycles. The molecule has 0 bridgehead atoms. The van der Waals surface area contributed by atoms with E-state index in [1.807, 2.05) is 52.3 Å². The summed E-state index contributed by atoms with van der Waals surface area (Å²) in [6.07, 6.45) is 5.26. The third-order valence-electron chi connectivity index (χ3n) is 7.46. The van der Waals surface area contributed by atoms with Crippen LogP contribution in [0.2, 0.25) is 0 Å². The Morgan fingerprint density at radius 2 is 1.95 bits per heavy atom. The molecule has 0 saturated carbocycles. The van der Waals surface area contributed by atoms with Gasteiger partial charge in [0.25, 0.3) is 5.91 Å². The van der Waals surface area contributed by atoms with Crippen LogP contribution in [0.4, 0.5) is 0 Å². The number of hydrogen-bond donors (Lipinski definition) is 2. The van der Waals surface area contributed by atoms with E-state index in [-0.39, 0.29) is 37.2 Å². The van der Waals surface area contributed by atoms with Crippen LogP contribution in [0.25, 0.3) is 10.8 Å². The summed E-state index contributed by atoms with van der Waals surface area (Å²) in [5, 5.41) is 3.22. The number of ether oxygens (including phenoxy) is 1. The van der Waals surface area contributed by atoms with Crippen molar-refractivity contribution in [3.05, 3.63) is 66.2 Å². The summed E-state index contributed by atoms with van der Waals surface area (Å²) >= 11 is 0. The molecule has 1 saturated heterocycles. The second kappa shape index (κ2) is 13.9. The number of aromatic amines is 1. The first-order valence-electron chi connectivity index (χ1n) is 14.0. The maximum Gasteiger partial charge on any atom is 0.330 e. The van der Waals surface area contributed by atoms with Crippen LogP contribution in [0.1, 0.15) is 44.4 Å². The van der Waals surface area contributed by atoms with Gasteiger partial charge in [-0.2, -0.15) is 0 Å². The number of esters is 1. The average Bonchev–Trinajstić information content (AvgIpc) is 3.67. The smallest absolute Gasteiger partial charge is 0.330 e. The Labute approximate surface area is 239 Å². The number of nitrogens with one attached hydrogen (secondary N) is 2. The molecule has 218 valence electrons. The molecule has 3 amide bonds. The number of H-pyrrole nitrogens is 1. The van der Waals surface area contributed by atoms with Gasteiger partial charge < -0.3 is 14.6 Å². The van der Waals surface area contributed by atoms with Crippen LogP contribution in [-0.2, 0) is 36.9 Å². The Morgan fingerprint density at radius 3 is 2.68 bits per heavy atom. The van der Waals surface area contributed by atoms with Crippen molar-refractivity contribution < 1.29 is 23.9 Å². The number of carbonyl (C=O) groups excluding carboxylic acids is 4. The number of hydrogen-bond acceptors (Lipinski definition) is 7. The highest BCUT2D eigenvalue weighted by atomic mass is 16.5. The van der Waals surface area contributed by atoms with Gasteiger partial charge in [-0.3, -0.25) is 24.7 Å². The lowest BCUT2D eigenvalue weighted by Gasteiger charge is -2.33. The molecule has 4 rings (SSSR count). The van der Waals surface area contributed by atoms with Gasteiger partial charge in [0.15, 0.2) is 0 Å². The molecule has 2 atom stereocenters. The quantitative estimate of drug-likeness (QED) is 0.271. The van der Waals surface area contributed by atoms with Gasteiger partial charge in [-0.15, -0.1) is 0 Å². The van der Waals surface area contributed by atoms with Gasteiger partial charge >= 0.3 is 5.97 Å². The largest absolute Gasteiger partial charge is 0.467 e. The number of benzene rings is 2. The molecule has 41 heavy (non-hydrogen) atoms. The maximum atomic E-state index is 13.7. The SMILES string of the molecule is CCC(=O)NN(C(=O)CN(Cc1cccc2ccccc12)C[C@@H]1CCCN1C(=O)Cc1cnc[nH]1)[C@@H](C)C(=O)OC. The van der Waals surface area contributed by atoms with E-state index in [1.54, 1.807) is 19.4 Å². The normalized spacial score (nSPS) is 15.6. The van der Waals surface area contributed by atoms with Crippen LogP contribution in [-0.4, -0.2) is 87.3 Å². The van der Waals surface area contributed by atoms with Crippen molar-refractivity contribution in [1.29, 1.82) is 0 Å². The highest BCUT2D eigenvalue weighted by Crippen LogP contribution is 2.23. The van der Waals surface area contributed by atoms with E-state index < -0.39 is 17.9 Å². The molecule has 1 aliphatic rings. The van der Waals surface area contributed by atoms with E-state index in [9.17, 15) is 19.2 Å². The average molecular weight is 563 g/mol. The Balaban J connectivity index is 1.59. The number of amides is 3. The van der Waals surface area contributed by atoms with Crippen LogP contribution >= 0.6 is 0 Å².